The summed E-state index contributed by atoms with van der Waals surface area (Å²) in [6.07, 6.45) is 0.745. The maximum absolute atomic E-state index is 13.4. The first-order chi connectivity index (χ1) is 7.06. The van der Waals surface area contributed by atoms with Gasteiger partial charge in [0, 0.05) is 9.13 Å². The van der Waals surface area contributed by atoms with Crippen molar-refractivity contribution in [2.75, 3.05) is 0 Å². The molecule has 0 aliphatic heterocycles. The molecule has 0 radical (unpaired) electrons. The van der Waals surface area contributed by atoms with Gasteiger partial charge in [0.15, 0.2) is 0 Å². The highest BCUT2D eigenvalue weighted by molar-refractivity contribution is 14.1. The van der Waals surface area contributed by atoms with Crippen LogP contribution >= 0.6 is 22.6 Å². The van der Waals surface area contributed by atoms with Gasteiger partial charge in [0.25, 0.3) is 0 Å². The van der Waals surface area contributed by atoms with Crippen LogP contribution < -0.4 is 5.73 Å². The third-order valence-electron chi connectivity index (χ3n) is 2.32. The molecule has 15 heavy (non-hydrogen) atoms. The zero-order valence-corrected chi connectivity index (χ0v) is 10.7. The fourth-order valence-corrected chi connectivity index (χ4v) is 1.97. The highest BCUT2D eigenvalue weighted by Gasteiger charge is 2.19. The van der Waals surface area contributed by atoms with E-state index in [1.165, 1.54) is 6.07 Å². The summed E-state index contributed by atoms with van der Waals surface area (Å²) < 4.78 is 14.3. The van der Waals surface area contributed by atoms with E-state index in [-0.39, 0.29) is 5.82 Å². The Kier molecular flexibility index (Phi) is 4.95. The summed E-state index contributed by atoms with van der Waals surface area (Å²) in [6, 6.07) is 4.10. The van der Waals surface area contributed by atoms with Crippen LogP contribution in [0.2, 0.25) is 0 Å². The first-order valence-corrected chi connectivity index (χ1v) is 6.02. The molecule has 2 atom stereocenters. The zero-order chi connectivity index (χ0) is 11.4. The highest BCUT2D eigenvalue weighted by Crippen LogP contribution is 2.22. The minimum absolute atomic E-state index is 0.349. The average Bonchev–Trinajstić information content (AvgIpc) is 2.21. The van der Waals surface area contributed by atoms with Crippen molar-refractivity contribution in [3.8, 4) is 0 Å². The van der Waals surface area contributed by atoms with E-state index >= 15 is 0 Å². The lowest BCUT2D eigenvalue weighted by molar-refractivity contribution is 0.133. The van der Waals surface area contributed by atoms with E-state index in [0.717, 1.165) is 9.99 Å². The van der Waals surface area contributed by atoms with Crippen molar-refractivity contribution in [1.29, 1.82) is 0 Å². The third-order valence-corrected chi connectivity index (χ3v) is 2.99. The Hall–Kier alpha value is -0.200. The second kappa shape index (κ2) is 5.77. The maximum atomic E-state index is 13.4. The van der Waals surface area contributed by atoms with E-state index in [2.05, 4.69) is 22.6 Å². The molecule has 3 N–H and O–H groups in total. The summed E-state index contributed by atoms with van der Waals surface area (Å²) in [5.41, 5.74) is 6.19. The summed E-state index contributed by atoms with van der Waals surface area (Å²) in [5, 5.41) is 9.69. The predicted octanol–water partition coefficient (Wildman–Crippen LogP) is 2.59. The SMILES string of the molecule is CCC[C@@H](O)[C@@H](N)c1cc(I)ccc1F. The molecule has 0 unspecified atom stereocenters. The van der Waals surface area contributed by atoms with E-state index in [0.29, 0.717) is 12.0 Å². The normalized spacial score (nSPS) is 15.0. The smallest absolute Gasteiger partial charge is 0.128 e. The van der Waals surface area contributed by atoms with E-state index in [1.54, 1.807) is 12.1 Å². The predicted molar refractivity (Wildman–Crippen MR) is 67.0 cm³/mol. The second-order valence-corrected chi connectivity index (χ2v) is 4.79. The summed E-state index contributed by atoms with van der Waals surface area (Å²) in [7, 11) is 0. The molecule has 0 saturated carbocycles. The van der Waals surface area contributed by atoms with Crippen molar-refractivity contribution in [2.24, 2.45) is 5.73 Å². The largest absolute Gasteiger partial charge is 0.391 e. The summed E-state index contributed by atoms with van der Waals surface area (Å²) in [4.78, 5) is 0. The molecule has 0 bridgehead atoms. The van der Waals surface area contributed by atoms with E-state index in [9.17, 15) is 9.50 Å². The van der Waals surface area contributed by atoms with Crippen LogP contribution in [0.3, 0.4) is 0 Å². The van der Waals surface area contributed by atoms with Gasteiger partial charge >= 0.3 is 0 Å². The molecule has 2 nitrogen and oxygen atoms in total. The van der Waals surface area contributed by atoms with Crippen LogP contribution in [0.4, 0.5) is 4.39 Å². The Bertz CT molecular complexity index is 332. The number of rotatable bonds is 4. The molecule has 84 valence electrons. The lowest BCUT2D eigenvalue weighted by atomic mass is 9.99. The van der Waals surface area contributed by atoms with E-state index in [1.807, 2.05) is 6.92 Å². The Balaban J connectivity index is 2.89. The van der Waals surface area contributed by atoms with Crippen LogP contribution in [0.15, 0.2) is 18.2 Å². The van der Waals surface area contributed by atoms with Crippen molar-refractivity contribution >= 4 is 22.6 Å². The lowest BCUT2D eigenvalue weighted by Gasteiger charge is -2.19. The molecule has 1 aromatic rings. The van der Waals surface area contributed by atoms with Gasteiger partial charge < -0.3 is 10.8 Å². The van der Waals surface area contributed by atoms with Crippen molar-refractivity contribution in [3.05, 3.63) is 33.1 Å². The number of halogens is 2. The van der Waals surface area contributed by atoms with Crippen molar-refractivity contribution < 1.29 is 9.50 Å². The number of hydrogen-bond acceptors (Lipinski definition) is 2. The second-order valence-electron chi connectivity index (χ2n) is 3.55. The van der Waals surface area contributed by atoms with E-state index in [4.69, 9.17) is 5.73 Å². The lowest BCUT2D eigenvalue weighted by Crippen LogP contribution is -2.27. The Morgan fingerprint density at radius 1 is 1.53 bits per heavy atom. The van der Waals surface area contributed by atoms with Gasteiger partial charge in [0.2, 0.25) is 0 Å². The molecule has 0 amide bonds. The fraction of sp³-hybridized carbons (Fsp3) is 0.455. The third kappa shape index (κ3) is 3.39. The minimum Gasteiger partial charge on any atom is -0.391 e. The molecule has 0 heterocycles. The van der Waals surface area contributed by atoms with Crippen LogP contribution in [-0.2, 0) is 0 Å². The van der Waals surface area contributed by atoms with Crippen molar-refractivity contribution in [1.82, 2.24) is 0 Å². The van der Waals surface area contributed by atoms with Gasteiger partial charge in [-0.05, 0) is 47.2 Å². The number of aliphatic hydroxyl groups is 1. The highest BCUT2D eigenvalue weighted by atomic mass is 127. The Labute approximate surface area is 103 Å². The molecule has 0 aromatic heterocycles. The fourth-order valence-electron chi connectivity index (χ4n) is 1.45. The molecule has 0 aliphatic carbocycles. The number of aliphatic hydroxyl groups excluding tert-OH is 1. The van der Waals surface area contributed by atoms with Crippen LogP contribution in [0.1, 0.15) is 31.4 Å². The van der Waals surface area contributed by atoms with Gasteiger partial charge in [-0.3, -0.25) is 0 Å². The van der Waals surface area contributed by atoms with E-state index < -0.39 is 12.1 Å². The minimum atomic E-state index is -0.678. The Morgan fingerprint density at radius 2 is 2.20 bits per heavy atom. The van der Waals surface area contributed by atoms with Gasteiger partial charge in [-0.1, -0.05) is 13.3 Å². The van der Waals surface area contributed by atoms with Crippen molar-refractivity contribution in [2.45, 2.75) is 31.9 Å². The van der Waals surface area contributed by atoms with Crippen LogP contribution in [-0.4, -0.2) is 11.2 Å². The summed E-state index contributed by atoms with van der Waals surface area (Å²) in [5.74, 6) is -0.349. The molecular weight excluding hydrogens is 308 g/mol. The molecular formula is C11H15FINO. The molecule has 1 rings (SSSR count). The first kappa shape index (κ1) is 12.9. The maximum Gasteiger partial charge on any atom is 0.128 e. The number of nitrogens with two attached hydrogens (primary N) is 1. The summed E-state index contributed by atoms with van der Waals surface area (Å²) >= 11 is 2.10. The topological polar surface area (TPSA) is 46.2 Å². The average molecular weight is 323 g/mol. The van der Waals surface area contributed by atoms with Crippen molar-refractivity contribution in [3.63, 3.8) is 0 Å². The van der Waals surface area contributed by atoms with Gasteiger partial charge in [0.05, 0.1) is 12.1 Å². The van der Waals surface area contributed by atoms with Crippen LogP contribution in [0.25, 0.3) is 0 Å². The summed E-state index contributed by atoms with van der Waals surface area (Å²) in [6.45, 7) is 1.96. The molecule has 0 saturated heterocycles. The monoisotopic (exact) mass is 323 g/mol. The zero-order valence-electron chi connectivity index (χ0n) is 8.58. The first-order valence-electron chi connectivity index (χ1n) is 4.94. The molecule has 0 aliphatic rings. The Morgan fingerprint density at radius 3 is 2.80 bits per heavy atom. The van der Waals surface area contributed by atoms with Gasteiger partial charge in [-0.15, -0.1) is 0 Å². The molecule has 0 spiro atoms. The van der Waals surface area contributed by atoms with Gasteiger partial charge in [-0.25, -0.2) is 4.39 Å². The van der Waals surface area contributed by atoms with Crippen LogP contribution in [0, 0.1) is 9.39 Å². The number of hydrogen-bond donors (Lipinski definition) is 2. The van der Waals surface area contributed by atoms with Crippen LogP contribution in [0.5, 0.6) is 0 Å². The standard InChI is InChI=1S/C11H15FINO/c1-2-3-10(15)11(14)8-6-7(13)4-5-9(8)12/h4-6,10-11,15H,2-3,14H2,1H3/t10-,11+/m1/s1. The van der Waals surface area contributed by atoms with Gasteiger partial charge in [0.1, 0.15) is 5.82 Å². The molecule has 1 aromatic carbocycles. The quantitative estimate of drug-likeness (QED) is 0.837. The molecule has 4 heteroatoms. The van der Waals surface area contributed by atoms with Gasteiger partial charge in [-0.2, -0.15) is 0 Å². The molecule has 0 fully saturated rings. The number of benzene rings is 1.